The van der Waals surface area contributed by atoms with Crippen LogP contribution in [0.15, 0.2) is 17.1 Å². The van der Waals surface area contributed by atoms with Crippen molar-refractivity contribution in [3.8, 4) is 6.07 Å². The molecular formula is C12H14N4O5. The fraction of sp³-hybridized carbons (Fsp3) is 0.583. The molecule has 1 spiro atoms. The Morgan fingerprint density at radius 3 is 2.86 bits per heavy atom. The van der Waals surface area contributed by atoms with E-state index in [4.69, 9.17) is 15.2 Å². The number of rotatable bonds is 2. The smallest absolute Gasteiger partial charge is 0.352 e. The first-order valence-electron chi connectivity index (χ1n) is 6.38. The number of aliphatic hydroxyl groups is 2. The Labute approximate surface area is 119 Å². The summed E-state index contributed by atoms with van der Waals surface area (Å²) in [7, 11) is 0. The van der Waals surface area contributed by atoms with E-state index in [1.54, 1.807) is 0 Å². The summed E-state index contributed by atoms with van der Waals surface area (Å²) >= 11 is 0. The molecule has 4 unspecified atom stereocenters. The highest BCUT2D eigenvalue weighted by Gasteiger charge is 2.72. The average molecular weight is 294 g/mol. The van der Waals surface area contributed by atoms with E-state index in [2.05, 4.69) is 4.98 Å². The molecule has 0 amide bonds. The summed E-state index contributed by atoms with van der Waals surface area (Å²) in [5.41, 5.74) is 1.34. The van der Waals surface area contributed by atoms with Crippen molar-refractivity contribution in [3.05, 3.63) is 22.7 Å². The van der Waals surface area contributed by atoms with Crippen LogP contribution in [-0.4, -0.2) is 50.8 Å². The second kappa shape index (κ2) is 4.51. The Morgan fingerprint density at radius 2 is 2.38 bits per heavy atom. The van der Waals surface area contributed by atoms with Crippen LogP contribution in [0, 0.1) is 11.3 Å². The summed E-state index contributed by atoms with van der Waals surface area (Å²) in [6.45, 7) is -0.188. The van der Waals surface area contributed by atoms with E-state index in [0.29, 0.717) is 13.0 Å². The van der Waals surface area contributed by atoms with Crippen LogP contribution in [-0.2, 0) is 15.2 Å². The molecule has 21 heavy (non-hydrogen) atoms. The van der Waals surface area contributed by atoms with Crippen LogP contribution in [0.5, 0.6) is 0 Å². The number of hydrogen-bond donors (Lipinski definition) is 3. The second-order valence-electron chi connectivity index (χ2n) is 5.03. The van der Waals surface area contributed by atoms with E-state index < -0.39 is 35.8 Å². The van der Waals surface area contributed by atoms with Gasteiger partial charge in [-0.05, 0) is 6.07 Å². The van der Waals surface area contributed by atoms with Crippen LogP contribution in [0.2, 0.25) is 0 Å². The van der Waals surface area contributed by atoms with E-state index in [0.717, 1.165) is 4.57 Å². The number of nitrogens with zero attached hydrogens (tertiary/aromatic N) is 3. The lowest BCUT2D eigenvalue weighted by molar-refractivity contribution is -0.255. The highest BCUT2D eigenvalue weighted by atomic mass is 16.6. The zero-order valence-corrected chi connectivity index (χ0v) is 11.0. The van der Waals surface area contributed by atoms with Gasteiger partial charge in [0.1, 0.15) is 24.1 Å². The summed E-state index contributed by atoms with van der Waals surface area (Å²) in [4.78, 5) is 15.6. The molecule has 4 atom stereocenters. The molecule has 2 aliphatic heterocycles. The minimum atomic E-state index is -1.89. The predicted octanol–water partition coefficient (Wildman–Crippen LogP) is -2.09. The van der Waals surface area contributed by atoms with Crippen molar-refractivity contribution in [1.82, 2.24) is 9.55 Å². The molecule has 9 nitrogen and oxygen atoms in total. The van der Waals surface area contributed by atoms with E-state index in [1.807, 2.05) is 6.07 Å². The molecule has 1 aromatic heterocycles. The van der Waals surface area contributed by atoms with E-state index >= 15 is 0 Å². The summed E-state index contributed by atoms with van der Waals surface area (Å²) in [6, 6.07) is 3.25. The van der Waals surface area contributed by atoms with Crippen molar-refractivity contribution >= 4 is 5.82 Å². The molecular weight excluding hydrogens is 280 g/mol. The number of ether oxygens (including phenoxy) is 2. The molecule has 9 heteroatoms. The Kier molecular flexibility index (Phi) is 3.00. The number of hydrogen-bond acceptors (Lipinski definition) is 8. The zero-order valence-electron chi connectivity index (χ0n) is 11.0. The minimum Gasteiger partial charge on any atom is -0.394 e. The minimum absolute atomic E-state index is 0.00479. The summed E-state index contributed by atoms with van der Waals surface area (Å²) in [6.07, 6.45) is -0.687. The van der Waals surface area contributed by atoms with Gasteiger partial charge in [0.05, 0.1) is 13.2 Å². The van der Waals surface area contributed by atoms with Crippen molar-refractivity contribution in [2.45, 2.75) is 30.0 Å². The van der Waals surface area contributed by atoms with Crippen LogP contribution in [0.4, 0.5) is 5.82 Å². The van der Waals surface area contributed by atoms with Crippen molar-refractivity contribution in [3.63, 3.8) is 0 Å². The normalized spacial score (nSPS) is 38.1. The van der Waals surface area contributed by atoms with E-state index in [9.17, 15) is 20.3 Å². The maximum atomic E-state index is 12.1. The molecule has 112 valence electrons. The third-order valence-electron chi connectivity index (χ3n) is 4.05. The van der Waals surface area contributed by atoms with Gasteiger partial charge in [-0.3, -0.25) is 4.57 Å². The Hall–Kier alpha value is -1.99. The lowest BCUT2D eigenvalue weighted by Crippen LogP contribution is -2.66. The molecule has 0 bridgehead atoms. The maximum Gasteiger partial charge on any atom is 0.352 e. The molecule has 3 rings (SSSR count). The third kappa shape index (κ3) is 1.58. The van der Waals surface area contributed by atoms with E-state index in [1.165, 1.54) is 12.3 Å². The van der Waals surface area contributed by atoms with Gasteiger partial charge in [0.2, 0.25) is 0 Å². The van der Waals surface area contributed by atoms with Crippen LogP contribution in [0.25, 0.3) is 0 Å². The standard InChI is InChI=1S/C12H14N4O5/c13-6-12(16-3-1-8(14)15-10(16)19)11(2-4-20-11)9(18)7(5-17)21-12/h1,3,7,9,17-18H,2,4-5H2,(H2,14,15,19). The second-order valence-corrected chi connectivity index (χ2v) is 5.03. The molecule has 4 N–H and O–H groups in total. The topological polar surface area (TPSA) is 144 Å². The SMILES string of the molecule is N#CC1(n2ccc(N)nc2=O)OC(CO)C(O)C12CCO2. The van der Waals surface area contributed by atoms with Gasteiger partial charge in [-0.25, -0.2) is 4.79 Å². The number of anilines is 1. The number of aliphatic hydroxyl groups excluding tert-OH is 2. The van der Waals surface area contributed by atoms with Gasteiger partial charge in [-0.1, -0.05) is 0 Å². The molecule has 2 saturated heterocycles. The number of nitrogens with two attached hydrogens (primary N) is 1. The molecule has 0 aliphatic carbocycles. The van der Waals surface area contributed by atoms with Gasteiger partial charge < -0.3 is 25.4 Å². The van der Waals surface area contributed by atoms with Crippen molar-refractivity contribution < 1.29 is 19.7 Å². The Bertz CT molecular complexity index is 664. The van der Waals surface area contributed by atoms with Gasteiger partial charge in [-0.15, -0.1) is 0 Å². The maximum absolute atomic E-state index is 12.1. The Balaban J connectivity index is 2.20. The predicted molar refractivity (Wildman–Crippen MR) is 67.8 cm³/mol. The largest absolute Gasteiger partial charge is 0.394 e. The van der Waals surface area contributed by atoms with Gasteiger partial charge in [0.25, 0.3) is 5.72 Å². The summed E-state index contributed by atoms with van der Waals surface area (Å²) in [5.74, 6) is 0.00479. The fourth-order valence-corrected chi connectivity index (χ4v) is 2.94. The summed E-state index contributed by atoms with van der Waals surface area (Å²) in [5, 5.41) is 29.2. The zero-order chi connectivity index (χ0) is 15.3. The van der Waals surface area contributed by atoms with Gasteiger partial charge in [0.15, 0.2) is 5.60 Å². The molecule has 1 aromatic rings. The number of nitrogen functional groups attached to an aromatic ring is 1. The highest BCUT2D eigenvalue weighted by Crippen LogP contribution is 2.51. The average Bonchev–Trinajstić information content (AvgIpc) is 2.68. The first-order chi connectivity index (χ1) is 10.0. The highest BCUT2D eigenvalue weighted by molar-refractivity contribution is 5.28. The summed E-state index contributed by atoms with van der Waals surface area (Å²) < 4.78 is 11.9. The van der Waals surface area contributed by atoms with Crippen LogP contribution in [0.1, 0.15) is 6.42 Å². The number of aromatic nitrogens is 2. The lowest BCUT2D eigenvalue weighted by atomic mass is 9.79. The molecule has 2 aliphatic rings. The third-order valence-corrected chi connectivity index (χ3v) is 4.05. The molecule has 0 saturated carbocycles. The van der Waals surface area contributed by atoms with Crippen molar-refractivity contribution in [2.24, 2.45) is 0 Å². The van der Waals surface area contributed by atoms with Crippen LogP contribution in [0.3, 0.4) is 0 Å². The Morgan fingerprint density at radius 1 is 1.67 bits per heavy atom. The van der Waals surface area contributed by atoms with Crippen LogP contribution >= 0.6 is 0 Å². The number of nitriles is 1. The molecule has 0 radical (unpaired) electrons. The van der Waals surface area contributed by atoms with Gasteiger partial charge in [-0.2, -0.15) is 10.2 Å². The van der Waals surface area contributed by atoms with Gasteiger partial charge in [0, 0.05) is 12.6 Å². The van der Waals surface area contributed by atoms with Gasteiger partial charge >= 0.3 is 5.69 Å². The molecule has 0 aromatic carbocycles. The first-order valence-corrected chi connectivity index (χ1v) is 6.38. The first kappa shape index (κ1) is 14.0. The van der Waals surface area contributed by atoms with Crippen LogP contribution < -0.4 is 11.4 Å². The quantitative estimate of drug-likeness (QED) is 0.563. The fourth-order valence-electron chi connectivity index (χ4n) is 2.94. The van der Waals surface area contributed by atoms with E-state index in [-0.39, 0.29) is 5.82 Å². The monoisotopic (exact) mass is 294 g/mol. The molecule has 2 fully saturated rings. The molecule has 3 heterocycles. The lowest BCUT2D eigenvalue weighted by Gasteiger charge is -2.47. The van der Waals surface area contributed by atoms with Crippen molar-refractivity contribution in [1.29, 1.82) is 5.26 Å². The van der Waals surface area contributed by atoms with Crippen molar-refractivity contribution in [2.75, 3.05) is 18.9 Å².